The first-order valence-corrected chi connectivity index (χ1v) is 8.47. The molecule has 0 aromatic heterocycles. The summed E-state index contributed by atoms with van der Waals surface area (Å²) in [5.74, 6) is 1.46. The minimum Gasteiger partial charge on any atom is -0.383 e. The lowest BCUT2D eigenvalue weighted by Gasteiger charge is -2.21. The van der Waals surface area contributed by atoms with Crippen LogP contribution in [0.25, 0.3) is 0 Å². The number of methoxy groups -OCH3 is 1. The summed E-state index contributed by atoms with van der Waals surface area (Å²) < 4.78 is 5.10. The van der Waals surface area contributed by atoms with Crippen LogP contribution in [0.5, 0.6) is 0 Å². The highest BCUT2D eigenvalue weighted by atomic mass is 35.5. The topological polar surface area (TPSA) is 21.3 Å². The quantitative estimate of drug-likeness (QED) is 0.605. The zero-order chi connectivity index (χ0) is 15.5. The molecule has 0 bridgehead atoms. The molecule has 21 heavy (non-hydrogen) atoms. The Labute approximate surface area is 135 Å². The van der Waals surface area contributed by atoms with Gasteiger partial charge in [-0.1, -0.05) is 50.4 Å². The Hall–Kier alpha value is -0.570. The molecule has 0 heterocycles. The average Bonchev–Trinajstić information content (AvgIpc) is 2.46. The molecule has 2 atom stereocenters. The molecule has 1 rings (SSSR count). The zero-order valence-corrected chi connectivity index (χ0v) is 14.5. The lowest BCUT2D eigenvalue weighted by molar-refractivity contribution is 0.196. The van der Waals surface area contributed by atoms with Crippen molar-refractivity contribution in [3.63, 3.8) is 0 Å². The molecule has 0 fully saturated rings. The van der Waals surface area contributed by atoms with Gasteiger partial charge in [-0.05, 0) is 48.9 Å². The lowest BCUT2D eigenvalue weighted by atomic mass is 9.88. The van der Waals surface area contributed by atoms with E-state index >= 15 is 0 Å². The summed E-state index contributed by atoms with van der Waals surface area (Å²) in [6, 6.07) is 8.27. The van der Waals surface area contributed by atoms with Crippen molar-refractivity contribution in [1.29, 1.82) is 0 Å². The fourth-order valence-electron chi connectivity index (χ4n) is 2.85. The summed E-state index contributed by atoms with van der Waals surface area (Å²) in [6.45, 7) is 7.39. The van der Waals surface area contributed by atoms with Crippen molar-refractivity contribution < 1.29 is 4.74 Å². The van der Waals surface area contributed by atoms with Crippen molar-refractivity contribution in [2.45, 2.75) is 39.5 Å². The summed E-state index contributed by atoms with van der Waals surface area (Å²) >= 11 is 5.97. The standard InChI is InChI=1S/C18H30ClNO/c1-4-5-15(2)12-17(14-20-10-11-21-3)13-16-6-8-18(19)9-7-16/h6-9,15,17,20H,4-5,10-14H2,1-3H3. The molecular formula is C18H30ClNO. The molecule has 2 unspecified atom stereocenters. The highest BCUT2D eigenvalue weighted by Gasteiger charge is 2.13. The van der Waals surface area contributed by atoms with Crippen LogP contribution in [0, 0.1) is 11.8 Å². The van der Waals surface area contributed by atoms with Gasteiger partial charge in [-0.15, -0.1) is 0 Å². The van der Waals surface area contributed by atoms with Crippen molar-refractivity contribution in [2.75, 3.05) is 26.8 Å². The Morgan fingerprint density at radius 2 is 1.95 bits per heavy atom. The van der Waals surface area contributed by atoms with E-state index in [1.807, 2.05) is 12.1 Å². The van der Waals surface area contributed by atoms with Gasteiger partial charge in [0.25, 0.3) is 0 Å². The molecule has 0 saturated heterocycles. The third-order valence-corrected chi connectivity index (χ3v) is 4.12. The number of rotatable bonds is 11. The predicted molar refractivity (Wildman–Crippen MR) is 92.1 cm³/mol. The second-order valence-electron chi connectivity index (χ2n) is 6.02. The third kappa shape index (κ3) is 8.45. The van der Waals surface area contributed by atoms with Crippen molar-refractivity contribution in [3.8, 4) is 0 Å². The highest BCUT2D eigenvalue weighted by molar-refractivity contribution is 6.30. The van der Waals surface area contributed by atoms with Crippen molar-refractivity contribution in [3.05, 3.63) is 34.9 Å². The molecule has 3 heteroatoms. The van der Waals surface area contributed by atoms with Crippen molar-refractivity contribution in [1.82, 2.24) is 5.32 Å². The fraction of sp³-hybridized carbons (Fsp3) is 0.667. The summed E-state index contributed by atoms with van der Waals surface area (Å²) in [6.07, 6.45) is 4.97. The minimum atomic E-state index is 0.671. The second-order valence-corrected chi connectivity index (χ2v) is 6.46. The summed E-state index contributed by atoms with van der Waals surface area (Å²) in [4.78, 5) is 0. The van der Waals surface area contributed by atoms with E-state index in [0.29, 0.717) is 5.92 Å². The van der Waals surface area contributed by atoms with E-state index in [1.165, 1.54) is 24.8 Å². The molecule has 0 aliphatic rings. The molecule has 1 aromatic rings. The summed E-state index contributed by atoms with van der Waals surface area (Å²) in [7, 11) is 1.75. The van der Waals surface area contributed by atoms with E-state index in [0.717, 1.165) is 37.1 Å². The van der Waals surface area contributed by atoms with Crippen molar-refractivity contribution in [2.24, 2.45) is 11.8 Å². The van der Waals surface area contributed by atoms with Crippen molar-refractivity contribution >= 4 is 11.6 Å². The van der Waals surface area contributed by atoms with Crippen LogP contribution in [-0.4, -0.2) is 26.8 Å². The van der Waals surface area contributed by atoms with Crippen LogP contribution >= 0.6 is 11.6 Å². The normalized spacial score (nSPS) is 14.1. The smallest absolute Gasteiger partial charge is 0.0587 e. The Kier molecular flexibility index (Phi) is 9.73. The first-order valence-electron chi connectivity index (χ1n) is 8.09. The van der Waals surface area contributed by atoms with Gasteiger partial charge >= 0.3 is 0 Å². The third-order valence-electron chi connectivity index (χ3n) is 3.87. The van der Waals surface area contributed by atoms with Crippen LogP contribution in [-0.2, 0) is 11.2 Å². The Bertz CT molecular complexity index is 366. The maximum atomic E-state index is 5.97. The van der Waals surface area contributed by atoms with Crippen LogP contribution in [0.15, 0.2) is 24.3 Å². The molecule has 0 aliphatic carbocycles. The largest absolute Gasteiger partial charge is 0.383 e. The maximum absolute atomic E-state index is 5.97. The number of halogens is 1. The van der Waals surface area contributed by atoms with E-state index in [2.05, 4.69) is 31.3 Å². The predicted octanol–water partition coefficient (Wildman–Crippen LogP) is 4.56. The van der Waals surface area contributed by atoms with Gasteiger partial charge in [0.2, 0.25) is 0 Å². The van der Waals surface area contributed by atoms with Gasteiger partial charge in [0.1, 0.15) is 0 Å². The molecular weight excluding hydrogens is 282 g/mol. The average molecular weight is 312 g/mol. The maximum Gasteiger partial charge on any atom is 0.0587 e. The number of ether oxygens (including phenoxy) is 1. The SMILES string of the molecule is CCCC(C)CC(CNCCOC)Cc1ccc(Cl)cc1. The van der Waals surface area contributed by atoms with Crippen LogP contribution in [0.3, 0.4) is 0 Å². The summed E-state index contributed by atoms with van der Waals surface area (Å²) in [5.41, 5.74) is 1.38. The molecule has 0 spiro atoms. The molecule has 1 N–H and O–H groups in total. The molecule has 0 radical (unpaired) electrons. The van der Waals surface area contributed by atoms with E-state index in [-0.39, 0.29) is 0 Å². The first kappa shape index (κ1) is 18.5. The van der Waals surface area contributed by atoms with Crippen LogP contribution in [0.4, 0.5) is 0 Å². The monoisotopic (exact) mass is 311 g/mol. The number of hydrogen-bond donors (Lipinski definition) is 1. The lowest BCUT2D eigenvalue weighted by Crippen LogP contribution is -2.28. The van der Waals surface area contributed by atoms with Crippen LogP contribution in [0.2, 0.25) is 5.02 Å². The minimum absolute atomic E-state index is 0.671. The second kappa shape index (κ2) is 11.1. The zero-order valence-electron chi connectivity index (χ0n) is 13.7. The van der Waals surface area contributed by atoms with Gasteiger partial charge in [-0.25, -0.2) is 0 Å². The van der Waals surface area contributed by atoms with Gasteiger partial charge in [0.05, 0.1) is 6.61 Å². The Morgan fingerprint density at radius 3 is 2.57 bits per heavy atom. The van der Waals surface area contributed by atoms with Gasteiger partial charge < -0.3 is 10.1 Å². The van der Waals surface area contributed by atoms with E-state index in [4.69, 9.17) is 16.3 Å². The fourth-order valence-corrected chi connectivity index (χ4v) is 2.98. The van der Waals surface area contributed by atoms with Gasteiger partial charge in [-0.3, -0.25) is 0 Å². The number of hydrogen-bond acceptors (Lipinski definition) is 2. The molecule has 2 nitrogen and oxygen atoms in total. The molecule has 0 saturated carbocycles. The van der Waals surface area contributed by atoms with Gasteiger partial charge in [0, 0.05) is 18.7 Å². The number of nitrogens with one attached hydrogen (secondary N) is 1. The first-order chi connectivity index (χ1) is 10.2. The highest BCUT2D eigenvalue weighted by Crippen LogP contribution is 2.21. The molecule has 120 valence electrons. The van der Waals surface area contributed by atoms with Crippen LogP contribution in [0.1, 0.15) is 38.7 Å². The summed E-state index contributed by atoms with van der Waals surface area (Å²) in [5, 5.41) is 4.33. The van der Waals surface area contributed by atoms with Gasteiger partial charge in [0.15, 0.2) is 0 Å². The van der Waals surface area contributed by atoms with E-state index in [1.54, 1.807) is 7.11 Å². The van der Waals surface area contributed by atoms with E-state index in [9.17, 15) is 0 Å². The van der Waals surface area contributed by atoms with Gasteiger partial charge in [-0.2, -0.15) is 0 Å². The number of benzene rings is 1. The molecule has 1 aromatic carbocycles. The van der Waals surface area contributed by atoms with E-state index < -0.39 is 0 Å². The Balaban J connectivity index is 2.51. The molecule has 0 amide bonds. The van der Waals surface area contributed by atoms with Crippen LogP contribution < -0.4 is 5.32 Å². The Morgan fingerprint density at radius 1 is 1.24 bits per heavy atom. The molecule has 0 aliphatic heterocycles.